The summed E-state index contributed by atoms with van der Waals surface area (Å²) in [6, 6.07) is 0. The molecule has 0 aliphatic carbocycles. The normalized spacial score (nSPS) is 21.6. The molecule has 1 amide bonds. The Balaban J connectivity index is 1.60. The molecule has 0 N–H and O–H groups in total. The van der Waals surface area contributed by atoms with Crippen LogP contribution in [0, 0.1) is 18.8 Å². The number of sulfonamides is 1. The van der Waals surface area contributed by atoms with Crippen molar-refractivity contribution in [3.63, 3.8) is 0 Å². The number of nitrogens with zero attached hydrogens (tertiary/aromatic N) is 4. The van der Waals surface area contributed by atoms with E-state index in [1.54, 1.807) is 24.7 Å². The van der Waals surface area contributed by atoms with Crippen LogP contribution in [0.4, 0.5) is 0 Å². The number of aryl methyl sites for hydroxylation is 2. The first kappa shape index (κ1) is 18.4. The van der Waals surface area contributed by atoms with Crippen LogP contribution in [0.15, 0.2) is 11.2 Å². The average molecular weight is 369 g/mol. The summed E-state index contributed by atoms with van der Waals surface area (Å²) < 4.78 is 28.6. The van der Waals surface area contributed by atoms with Crippen LogP contribution in [0.2, 0.25) is 0 Å². The van der Waals surface area contributed by atoms with Gasteiger partial charge in [0, 0.05) is 45.3 Å². The highest BCUT2D eigenvalue weighted by molar-refractivity contribution is 7.89. The maximum absolute atomic E-state index is 12.7. The predicted octanol–water partition coefficient (Wildman–Crippen LogP) is 1.39. The summed E-state index contributed by atoms with van der Waals surface area (Å²) in [5.41, 5.74) is 0. The van der Waals surface area contributed by atoms with Gasteiger partial charge in [0.05, 0.1) is 0 Å². The Morgan fingerprint density at radius 1 is 1.12 bits per heavy atom. The van der Waals surface area contributed by atoms with E-state index in [0.29, 0.717) is 37.7 Å². The minimum absolute atomic E-state index is 0.0506. The molecule has 0 unspecified atom stereocenters. The van der Waals surface area contributed by atoms with Crippen molar-refractivity contribution in [3.8, 4) is 0 Å². The first-order valence-electron chi connectivity index (χ1n) is 9.08. The number of carbonyl (C=O) groups is 1. The van der Waals surface area contributed by atoms with Gasteiger partial charge in [0.25, 0.3) is 10.0 Å². The third-order valence-electron chi connectivity index (χ3n) is 5.59. The SMILES string of the molecule is Cc1nc(S(=O)(=O)N2CCC(C(=O)N3CCC(C)CC3)CC2)cn1C. The van der Waals surface area contributed by atoms with Crippen molar-refractivity contribution in [1.82, 2.24) is 18.8 Å². The molecule has 3 rings (SSSR count). The van der Waals surface area contributed by atoms with Gasteiger partial charge in [0.15, 0.2) is 5.03 Å². The Morgan fingerprint density at radius 3 is 2.24 bits per heavy atom. The molecule has 2 aliphatic rings. The van der Waals surface area contributed by atoms with Crippen LogP contribution in [-0.2, 0) is 21.9 Å². The highest BCUT2D eigenvalue weighted by Crippen LogP contribution is 2.26. The fourth-order valence-electron chi connectivity index (χ4n) is 3.61. The van der Waals surface area contributed by atoms with Crippen LogP contribution in [0.25, 0.3) is 0 Å². The van der Waals surface area contributed by atoms with E-state index in [0.717, 1.165) is 25.9 Å². The summed E-state index contributed by atoms with van der Waals surface area (Å²) in [7, 11) is -1.79. The van der Waals surface area contributed by atoms with Crippen molar-refractivity contribution >= 4 is 15.9 Å². The monoisotopic (exact) mass is 368 g/mol. The van der Waals surface area contributed by atoms with Crippen molar-refractivity contribution in [2.45, 2.75) is 44.6 Å². The highest BCUT2D eigenvalue weighted by Gasteiger charge is 2.35. The van der Waals surface area contributed by atoms with Gasteiger partial charge < -0.3 is 9.47 Å². The molecule has 7 nitrogen and oxygen atoms in total. The Labute approximate surface area is 150 Å². The first-order valence-corrected chi connectivity index (χ1v) is 10.5. The molecule has 2 fully saturated rings. The zero-order chi connectivity index (χ0) is 18.2. The van der Waals surface area contributed by atoms with Gasteiger partial charge in [0.1, 0.15) is 5.82 Å². The molecule has 3 heterocycles. The quantitative estimate of drug-likeness (QED) is 0.808. The average Bonchev–Trinajstić information content (AvgIpc) is 2.95. The molecule has 1 aromatic rings. The Bertz CT molecular complexity index is 708. The van der Waals surface area contributed by atoms with E-state index in [1.165, 1.54) is 4.31 Å². The number of hydrogen-bond acceptors (Lipinski definition) is 4. The van der Waals surface area contributed by atoms with Gasteiger partial charge in [0.2, 0.25) is 5.91 Å². The van der Waals surface area contributed by atoms with E-state index in [-0.39, 0.29) is 16.9 Å². The van der Waals surface area contributed by atoms with Gasteiger partial charge in [-0.25, -0.2) is 13.4 Å². The van der Waals surface area contributed by atoms with Crippen molar-refractivity contribution in [2.24, 2.45) is 18.9 Å². The molecule has 1 aromatic heterocycles. The molecule has 0 spiro atoms. The number of imidazole rings is 1. The molecule has 0 saturated carbocycles. The van der Waals surface area contributed by atoms with E-state index >= 15 is 0 Å². The Hall–Kier alpha value is -1.41. The molecule has 0 atom stereocenters. The van der Waals surface area contributed by atoms with E-state index in [2.05, 4.69) is 11.9 Å². The van der Waals surface area contributed by atoms with Crippen LogP contribution in [0.5, 0.6) is 0 Å². The number of amides is 1. The van der Waals surface area contributed by atoms with Gasteiger partial charge in [-0.1, -0.05) is 6.92 Å². The Kier molecular flexibility index (Phi) is 5.20. The molecule has 0 bridgehead atoms. The van der Waals surface area contributed by atoms with Gasteiger partial charge in [-0.3, -0.25) is 4.79 Å². The molecule has 0 radical (unpaired) electrons. The number of carbonyl (C=O) groups excluding carboxylic acids is 1. The summed E-state index contributed by atoms with van der Waals surface area (Å²) in [5, 5.41) is 0.0993. The van der Waals surface area contributed by atoms with E-state index in [4.69, 9.17) is 0 Å². The van der Waals surface area contributed by atoms with Crippen molar-refractivity contribution in [1.29, 1.82) is 0 Å². The van der Waals surface area contributed by atoms with Crippen molar-refractivity contribution < 1.29 is 13.2 Å². The summed E-state index contributed by atoms with van der Waals surface area (Å²) in [6.45, 7) is 6.46. The van der Waals surface area contributed by atoms with Gasteiger partial charge in [-0.05, 0) is 38.5 Å². The lowest BCUT2D eigenvalue weighted by atomic mass is 9.93. The molecule has 2 aliphatic heterocycles. The lowest BCUT2D eigenvalue weighted by Gasteiger charge is -2.36. The smallest absolute Gasteiger partial charge is 0.262 e. The fourth-order valence-corrected chi connectivity index (χ4v) is 5.11. The van der Waals surface area contributed by atoms with E-state index < -0.39 is 10.0 Å². The minimum Gasteiger partial charge on any atom is -0.342 e. The van der Waals surface area contributed by atoms with Gasteiger partial charge >= 0.3 is 0 Å². The molecular formula is C17H28N4O3S. The standard InChI is InChI=1S/C17H28N4O3S/c1-13-4-8-20(9-5-13)17(22)15-6-10-21(11-7-15)25(23,24)16-12-19(3)14(2)18-16/h12-13,15H,4-11H2,1-3H3. The minimum atomic E-state index is -3.57. The fraction of sp³-hybridized carbons (Fsp3) is 0.765. The molecule has 0 aromatic carbocycles. The second-order valence-corrected chi connectivity index (χ2v) is 9.31. The lowest BCUT2D eigenvalue weighted by Crippen LogP contribution is -2.46. The topological polar surface area (TPSA) is 75.5 Å². The first-order chi connectivity index (χ1) is 11.8. The Morgan fingerprint density at radius 2 is 1.72 bits per heavy atom. The second kappa shape index (κ2) is 7.07. The summed E-state index contributed by atoms with van der Waals surface area (Å²) in [4.78, 5) is 18.8. The maximum atomic E-state index is 12.7. The molecule has 2 saturated heterocycles. The second-order valence-electron chi connectivity index (χ2n) is 7.42. The van der Waals surface area contributed by atoms with Gasteiger partial charge in [-0.2, -0.15) is 4.31 Å². The summed E-state index contributed by atoms with van der Waals surface area (Å²) >= 11 is 0. The number of piperidine rings is 2. The molecule has 25 heavy (non-hydrogen) atoms. The van der Waals surface area contributed by atoms with Crippen LogP contribution in [0.1, 0.15) is 38.4 Å². The molecule has 140 valence electrons. The number of aromatic nitrogens is 2. The van der Waals surface area contributed by atoms with Crippen molar-refractivity contribution in [2.75, 3.05) is 26.2 Å². The summed E-state index contributed by atoms with van der Waals surface area (Å²) in [6.07, 6.45) is 4.87. The number of hydrogen-bond donors (Lipinski definition) is 0. The number of likely N-dealkylation sites (tertiary alicyclic amines) is 1. The highest BCUT2D eigenvalue weighted by atomic mass is 32.2. The number of rotatable bonds is 3. The van der Waals surface area contributed by atoms with Crippen LogP contribution < -0.4 is 0 Å². The predicted molar refractivity (Wildman–Crippen MR) is 94.4 cm³/mol. The zero-order valence-corrected chi connectivity index (χ0v) is 16.1. The third kappa shape index (κ3) is 3.74. The zero-order valence-electron chi connectivity index (χ0n) is 15.3. The summed E-state index contributed by atoms with van der Waals surface area (Å²) in [5.74, 6) is 1.52. The van der Waals surface area contributed by atoms with Crippen LogP contribution >= 0.6 is 0 Å². The van der Waals surface area contributed by atoms with Crippen molar-refractivity contribution in [3.05, 3.63) is 12.0 Å². The maximum Gasteiger partial charge on any atom is 0.262 e. The molecular weight excluding hydrogens is 340 g/mol. The largest absolute Gasteiger partial charge is 0.342 e. The van der Waals surface area contributed by atoms with Gasteiger partial charge in [-0.15, -0.1) is 0 Å². The van der Waals surface area contributed by atoms with Crippen LogP contribution in [0.3, 0.4) is 0 Å². The lowest BCUT2D eigenvalue weighted by molar-refractivity contribution is -0.138. The van der Waals surface area contributed by atoms with E-state index in [1.807, 2.05) is 4.90 Å². The van der Waals surface area contributed by atoms with Crippen LogP contribution in [-0.4, -0.2) is 59.3 Å². The third-order valence-corrected chi connectivity index (χ3v) is 7.36. The molecule has 8 heteroatoms. The van der Waals surface area contributed by atoms with E-state index in [9.17, 15) is 13.2 Å².